The molecule has 0 saturated carbocycles. The fourth-order valence-corrected chi connectivity index (χ4v) is 2.61. The third kappa shape index (κ3) is 2.10. The number of hydrogen-bond acceptors (Lipinski definition) is 3. The minimum absolute atomic E-state index is 0.0462. The van der Waals surface area contributed by atoms with Gasteiger partial charge < -0.3 is 15.6 Å². The zero-order valence-corrected chi connectivity index (χ0v) is 11.0. The van der Waals surface area contributed by atoms with E-state index in [-0.39, 0.29) is 18.2 Å². The highest BCUT2D eigenvalue weighted by Gasteiger charge is 2.32. The molecule has 16 heavy (non-hydrogen) atoms. The van der Waals surface area contributed by atoms with Crippen molar-refractivity contribution < 1.29 is 9.84 Å². The van der Waals surface area contributed by atoms with E-state index < -0.39 is 0 Å². The van der Waals surface area contributed by atoms with Gasteiger partial charge in [0.25, 0.3) is 0 Å². The number of nitrogens with two attached hydrogens (primary N) is 1. The minimum Gasteiger partial charge on any atom is -0.486 e. The van der Waals surface area contributed by atoms with Gasteiger partial charge in [-0.2, -0.15) is 0 Å². The molecule has 1 aliphatic heterocycles. The highest BCUT2D eigenvalue weighted by molar-refractivity contribution is 9.10. The van der Waals surface area contributed by atoms with Crippen LogP contribution in [0.15, 0.2) is 16.6 Å². The maximum absolute atomic E-state index is 9.06. The standard InChI is InChI=1S/C12H16BrNO2/c1-12(2)5-8-3-7(10(14)6-15)4-9(13)11(8)16-12/h3-4,10,15H,5-6,14H2,1-2H3. The lowest BCUT2D eigenvalue weighted by Gasteiger charge is -2.17. The normalized spacial score (nSPS) is 19.1. The molecule has 1 atom stereocenters. The molecule has 1 unspecified atom stereocenters. The van der Waals surface area contributed by atoms with E-state index in [9.17, 15) is 0 Å². The monoisotopic (exact) mass is 285 g/mol. The number of halogens is 1. The number of aliphatic hydroxyl groups is 1. The molecule has 0 spiro atoms. The largest absolute Gasteiger partial charge is 0.486 e. The predicted molar refractivity (Wildman–Crippen MR) is 66.6 cm³/mol. The minimum atomic E-state index is -0.328. The van der Waals surface area contributed by atoms with Crippen LogP contribution in [0.25, 0.3) is 0 Å². The quantitative estimate of drug-likeness (QED) is 0.876. The van der Waals surface area contributed by atoms with Gasteiger partial charge in [0.1, 0.15) is 11.4 Å². The van der Waals surface area contributed by atoms with Crippen LogP contribution >= 0.6 is 15.9 Å². The van der Waals surface area contributed by atoms with Crippen molar-refractivity contribution in [2.75, 3.05) is 6.61 Å². The van der Waals surface area contributed by atoms with E-state index in [1.54, 1.807) is 0 Å². The molecule has 3 N–H and O–H groups in total. The molecule has 0 aliphatic carbocycles. The molecule has 88 valence electrons. The van der Waals surface area contributed by atoms with Crippen LogP contribution in [0.4, 0.5) is 0 Å². The van der Waals surface area contributed by atoms with E-state index >= 15 is 0 Å². The summed E-state index contributed by atoms with van der Waals surface area (Å²) in [5, 5.41) is 9.06. The Bertz CT molecular complexity index is 418. The second-order valence-corrected chi connectivity index (χ2v) is 5.67. The van der Waals surface area contributed by atoms with E-state index in [4.69, 9.17) is 15.6 Å². The van der Waals surface area contributed by atoms with Gasteiger partial charge in [-0.05, 0) is 47.0 Å². The summed E-state index contributed by atoms with van der Waals surface area (Å²) >= 11 is 3.49. The first-order valence-electron chi connectivity index (χ1n) is 5.31. The molecule has 0 bridgehead atoms. The molecule has 1 aromatic carbocycles. The number of rotatable bonds is 2. The lowest BCUT2D eigenvalue weighted by atomic mass is 9.98. The summed E-state index contributed by atoms with van der Waals surface area (Å²) in [6, 6.07) is 3.61. The van der Waals surface area contributed by atoms with E-state index in [0.29, 0.717) is 0 Å². The molecule has 1 aliphatic rings. The van der Waals surface area contributed by atoms with Gasteiger partial charge in [0, 0.05) is 6.42 Å². The highest BCUT2D eigenvalue weighted by Crippen LogP contribution is 2.41. The van der Waals surface area contributed by atoms with Crippen LogP contribution in [0, 0.1) is 0 Å². The second-order valence-electron chi connectivity index (χ2n) is 4.82. The third-order valence-electron chi connectivity index (χ3n) is 2.76. The summed E-state index contributed by atoms with van der Waals surface area (Å²) in [6.07, 6.45) is 0.868. The molecule has 0 fully saturated rings. The number of fused-ring (bicyclic) bond motifs is 1. The van der Waals surface area contributed by atoms with Crippen LogP contribution in [-0.2, 0) is 6.42 Å². The highest BCUT2D eigenvalue weighted by atomic mass is 79.9. The van der Waals surface area contributed by atoms with E-state index in [2.05, 4.69) is 29.8 Å². The van der Waals surface area contributed by atoms with Gasteiger partial charge in [-0.25, -0.2) is 0 Å². The topological polar surface area (TPSA) is 55.5 Å². The fourth-order valence-electron chi connectivity index (χ4n) is 2.01. The summed E-state index contributed by atoms with van der Waals surface area (Å²) in [7, 11) is 0. The van der Waals surface area contributed by atoms with Crippen molar-refractivity contribution in [3.05, 3.63) is 27.7 Å². The molecular formula is C12H16BrNO2. The Morgan fingerprint density at radius 1 is 1.56 bits per heavy atom. The molecule has 1 aromatic rings. The van der Waals surface area contributed by atoms with Crippen LogP contribution in [0.5, 0.6) is 5.75 Å². The number of aliphatic hydroxyl groups excluding tert-OH is 1. The molecule has 0 amide bonds. The maximum atomic E-state index is 9.06. The van der Waals surface area contributed by atoms with Gasteiger partial charge in [0.05, 0.1) is 17.1 Å². The van der Waals surface area contributed by atoms with Crippen LogP contribution in [0.1, 0.15) is 31.0 Å². The van der Waals surface area contributed by atoms with Crippen LogP contribution in [0.3, 0.4) is 0 Å². The first-order chi connectivity index (χ1) is 7.43. The van der Waals surface area contributed by atoms with E-state index in [1.807, 2.05) is 12.1 Å². The summed E-state index contributed by atoms with van der Waals surface area (Å²) in [4.78, 5) is 0. The lowest BCUT2D eigenvalue weighted by Crippen LogP contribution is -2.24. The van der Waals surface area contributed by atoms with Crippen LogP contribution < -0.4 is 10.5 Å². The first kappa shape index (κ1) is 11.9. The van der Waals surface area contributed by atoms with Crippen molar-refractivity contribution in [3.8, 4) is 5.75 Å². The van der Waals surface area contributed by atoms with Crippen LogP contribution in [-0.4, -0.2) is 17.3 Å². The van der Waals surface area contributed by atoms with Gasteiger partial charge in [-0.1, -0.05) is 6.07 Å². The SMILES string of the molecule is CC1(C)Cc2cc(C(N)CO)cc(Br)c2O1. The predicted octanol–water partition coefficient (Wildman–Crippen LogP) is 2.15. The Hall–Kier alpha value is -0.580. The molecule has 2 rings (SSSR count). The summed E-state index contributed by atoms with van der Waals surface area (Å²) in [5.74, 6) is 0.902. The third-order valence-corrected chi connectivity index (χ3v) is 3.35. The van der Waals surface area contributed by atoms with Crippen molar-refractivity contribution in [1.29, 1.82) is 0 Å². The molecule has 1 heterocycles. The molecule has 0 radical (unpaired) electrons. The first-order valence-corrected chi connectivity index (χ1v) is 6.10. The van der Waals surface area contributed by atoms with Gasteiger partial charge in [0.15, 0.2) is 0 Å². The van der Waals surface area contributed by atoms with Crippen molar-refractivity contribution in [1.82, 2.24) is 0 Å². The van der Waals surface area contributed by atoms with Gasteiger partial charge in [-0.3, -0.25) is 0 Å². The Balaban J connectivity index is 2.42. The number of hydrogen-bond donors (Lipinski definition) is 2. The number of benzene rings is 1. The fraction of sp³-hybridized carbons (Fsp3) is 0.500. The summed E-state index contributed by atoms with van der Waals surface area (Å²) < 4.78 is 6.75. The molecular weight excluding hydrogens is 270 g/mol. The van der Waals surface area contributed by atoms with Gasteiger partial charge in [-0.15, -0.1) is 0 Å². The zero-order chi connectivity index (χ0) is 11.9. The van der Waals surface area contributed by atoms with Crippen molar-refractivity contribution >= 4 is 15.9 Å². The second kappa shape index (κ2) is 4.02. The van der Waals surface area contributed by atoms with Crippen molar-refractivity contribution in [2.24, 2.45) is 5.73 Å². The maximum Gasteiger partial charge on any atom is 0.137 e. The molecule has 3 nitrogen and oxygen atoms in total. The summed E-state index contributed by atoms with van der Waals surface area (Å²) in [5.41, 5.74) is 7.74. The molecule has 0 saturated heterocycles. The van der Waals surface area contributed by atoms with E-state index in [1.165, 1.54) is 0 Å². The Labute approximate surface area is 104 Å². The number of ether oxygens (including phenoxy) is 1. The molecule has 4 heteroatoms. The van der Waals surface area contributed by atoms with E-state index in [0.717, 1.165) is 27.8 Å². The van der Waals surface area contributed by atoms with Crippen LogP contribution in [0.2, 0.25) is 0 Å². The average molecular weight is 286 g/mol. The lowest BCUT2D eigenvalue weighted by molar-refractivity contribution is 0.137. The smallest absolute Gasteiger partial charge is 0.137 e. The van der Waals surface area contributed by atoms with Gasteiger partial charge >= 0.3 is 0 Å². The summed E-state index contributed by atoms with van der Waals surface area (Å²) in [6.45, 7) is 4.08. The Kier molecular flexibility index (Phi) is 2.99. The Morgan fingerprint density at radius 3 is 2.88 bits per heavy atom. The zero-order valence-electron chi connectivity index (χ0n) is 9.46. The average Bonchev–Trinajstić information content (AvgIpc) is 2.52. The molecule has 0 aromatic heterocycles. The Morgan fingerprint density at radius 2 is 2.25 bits per heavy atom. The van der Waals surface area contributed by atoms with Crippen molar-refractivity contribution in [3.63, 3.8) is 0 Å². The van der Waals surface area contributed by atoms with Crippen molar-refractivity contribution in [2.45, 2.75) is 31.9 Å². The van der Waals surface area contributed by atoms with Gasteiger partial charge in [0.2, 0.25) is 0 Å².